The molecule has 0 bridgehead atoms. The Hall–Kier alpha value is -1.45. The van der Waals surface area contributed by atoms with Gasteiger partial charge in [0.1, 0.15) is 0 Å². The van der Waals surface area contributed by atoms with Crippen LogP contribution in [0.4, 0.5) is 8.78 Å². The maximum atomic E-state index is 12.6. The van der Waals surface area contributed by atoms with E-state index in [2.05, 4.69) is 4.98 Å². The van der Waals surface area contributed by atoms with Crippen molar-refractivity contribution in [2.24, 2.45) is 7.05 Å². The van der Waals surface area contributed by atoms with E-state index in [1.807, 2.05) is 39.0 Å². The van der Waals surface area contributed by atoms with Gasteiger partial charge in [-0.15, -0.1) is 0 Å². The fourth-order valence-electron chi connectivity index (χ4n) is 1.68. The highest BCUT2D eigenvalue weighted by atomic mass is 19.3. The molecule has 0 aliphatic carbocycles. The SMILES string of the molecule is CC.CCc1ccc2c(c1)nc(C(F)F)n2C. The molecule has 2 nitrogen and oxygen atoms in total. The smallest absolute Gasteiger partial charge is 0.295 e. The van der Waals surface area contributed by atoms with Crippen LogP contribution in [0.15, 0.2) is 18.2 Å². The highest BCUT2D eigenvalue weighted by Gasteiger charge is 2.16. The monoisotopic (exact) mass is 240 g/mol. The van der Waals surface area contributed by atoms with Crippen LogP contribution in [0.2, 0.25) is 0 Å². The number of hydrogen-bond acceptors (Lipinski definition) is 1. The predicted octanol–water partition coefficient (Wildman–Crippen LogP) is 4.10. The van der Waals surface area contributed by atoms with E-state index < -0.39 is 6.43 Å². The number of imidazole rings is 1. The van der Waals surface area contributed by atoms with Gasteiger partial charge < -0.3 is 4.57 Å². The van der Waals surface area contributed by atoms with Gasteiger partial charge in [-0.1, -0.05) is 26.8 Å². The van der Waals surface area contributed by atoms with E-state index in [-0.39, 0.29) is 5.82 Å². The molecule has 0 atom stereocenters. The average molecular weight is 240 g/mol. The Balaban J connectivity index is 0.000000686. The Morgan fingerprint density at radius 3 is 2.47 bits per heavy atom. The van der Waals surface area contributed by atoms with E-state index in [4.69, 9.17) is 0 Å². The largest absolute Gasteiger partial charge is 0.326 e. The molecule has 2 aromatic rings. The van der Waals surface area contributed by atoms with Crippen LogP contribution in [0.3, 0.4) is 0 Å². The summed E-state index contributed by atoms with van der Waals surface area (Å²) in [6.45, 7) is 6.03. The second-order valence-corrected chi connectivity index (χ2v) is 3.51. The highest BCUT2D eigenvalue weighted by Crippen LogP contribution is 2.23. The molecule has 0 saturated heterocycles. The summed E-state index contributed by atoms with van der Waals surface area (Å²) in [5.41, 5.74) is 2.51. The molecule has 0 amide bonds. The van der Waals surface area contributed by atoms with Gasteiger partial charge in [-0.05, 0) is 24.1 Å². The summed E-state index contributed by atoms with van der Waals surface area (Å²) in [6.07, 6.45) is -1.64. The van der Waals surface area contributed by atoms with E-state index in [9.17, 15) is 8.78 Å². The molecule has 0 saturated carbocycles. The topological polar surface area (TPSA) is 17.8 Å². The van der Waals surface area contributed by atoms with Gasteiger partial charge in [0.25, 0.3) is 6.43 Å². The van der Waals surface area contributed by atoms with E-state index in [0.29, 0.717) is 5.52 Å². The standard InChI is InChI=1S/C11H12F2N2.C2H6/c1-3-7-4-5-9-8(6-7)14-11(10(12)13)15(9)2;1-2/h4-6,10H,3H2,1-2H3;1-2H3. The summed E-state index contributed by atoms with van der Waals surface area (Å²) >= 11 is 0. The Morgan fingerprint density at radius 1 is 1.29 bits per heavy atom. The summed E-state index contributed by atoms with van der Waals surface area (Å²) in [7, 11) is 1.61. The number of aromatic nitrogens is 2. The number of nitrogens with zero attached hydrogens (tertiary/aromatic N) is 2. The zero-order chi connectivity index (χ0) is 13.0. The molecule has 2 rings (SSSR count). The number of rotatable bonds is 2. The van der Waals surface area contributed by atoms with E-state index in [1.54, 1.807) is 7.05 Å². The van der Waals surface area contributed by atoms with Crippen molar-refractivity contribution < 1.29 is 8.78 Å². The number of fused-ring (bicyclic) bond motifs is 1. The van der Waals surface area contributed by atoms with E-state index in [1.165, 1.54) is 4.57 Å². The van der Waals surface area contributed by atoms with Crippen molar-refractivity contribution >= 4 is 11.0 Å². The third kappa shape index (κ3) is 2.62. The molecule has 17 heavy (non-hydrogen) atoms. The lowest BCUT2D eigenvalue weighted by atomic mass is 10.1. The van der Waals surface area contributed by atoms with Crippen LogP contribution < -0.4 is 0 Å². The van der Waals surface area contributed by atoms with Gasteiger partial charge in [-0.3, -0.25) is 0 Å². The minimum atomic E-state index is -2.52. The maximum Gasteiger partial charge on any atom is 0.295 e. The first-order valence-electron chi connectivity index (χ1n) is 5.87. The first-order valence-corrected chi connectivity index (χ1v) is 5.87. The molecular formula is C13H18F2N2. The second-order valence-electron chi connectivity index (χ2n) is 3.51. The van der Waals surface area contributed by atoms with Gasteiger partial charge in [0.2, 0.25) is 0 Å². The molecule has 1 heterocycles. The minimum Gasteiger partial charge on any atom is -0.326 e. The van der Waals surface area contributed by atoms with Crippen LogP contribution >= 0.6 is 0 Å². The molecule has 94 valence electrons. The lowest BCUT2D eigenvalue weighted by Crippen LogP contribution is -1.97. The Morgan fingerprint density at radius 2 is 1.94 bits per heavy atom. The molecule has 0 spiro atoms. The molecule has 0 unspecified atom stereocenters. The Kier molecular flexibility index (Phi) is 4.61. The molecule has 0 aliphatic heterocycles. The van der Waals surface area contributed by atoms with Gasteiger partial charge >= 0.3 is 0 Å². The van der Waals surface area contributed by atoms with Gasteiger partial charge in [0, 0.05) is 7.05 Å². The van der Waals surface area contributed by atoms with E-state index >= 15 is 0 Å². The fraction of sp³-hybridized carbons (Fsp3) is 0.462. The zero-order valence-corrected chi connectivity index (χ0v) is 10.7. The van der Waals surface area contributed by atoms with Gasteiger partial charge in [0.05, 0.1) is 11.0 Å². The first kappa shape index (κ1) is 13.6. The molecule has 0 fully saturated rings. The lowest BCUT2D eigenvalue weighted by Gasteiger charge is -2.00. The van der Waals surface area contributed by atoms with Crippen LogP contribution in [-0.4, -0.2) is 9.55 Å². The van der Waals surface area contributed by atoms with Crippen LogP contribution in [0.5, 0.6) is 0 Å². The van der Waals surface area contributed by atoms with Crippen molar-refractivity contribution in [3.8, 4) is 0 Å². The zero-order valence-electron chi connectivity index (χ0n) is 10.7. The number of benzene rings is 1. The van der Waals surface area contributed by atoms with Crippen molar-refractivity contribution in [2.75, 3.05) is 0 Å². The number of aryl methyl sites for hydroxylation is 2. The van der Waals surface area contributed by atoms with Gasteiger partial charge in [-0.25, -0.2) is 13.8 Å². The van der Waals surface area contributed by atoms with Crippen molar-refractivity contribution in [3.63, 3.8) is 0 Å². The molecule has 4 heteroatoms. The van der Waals surface area contributed by atoms with Crippen LogP contribution in [0.25, 0.3) is 11.0 Å². The van der Waals surface area contributed by atoms with Gasteiger partial charge in [-0.2, -0.15) is 0 Å². The summed E-state index contributed by atoms with van der Waals surface area (Å²) in [5, 5.41) is 0. The van der Waals surface area contributed by atoms with Crippen molar-refractivity contribution in [3.05, 3.63) is 29.6 Å². The van der Waals surface area contributed by atoms with Crippen molar-refractivity contribution in [1.82, 2.24) is 9.55 Å². The molecular weight excluding hydrogens is 222 g/mol. The molecule has 0 aliphatic rings. The first-order chi connectivity index (χ1) is 8.13. The number of halogens is 2. The lowest BCUT2D eigenvalue weighted by molar-refractivity contribution is 0.137. The van der Waals surface area contributed by atoms with Gasteiger partial charge in [0.15, 0.2) is 5.82 Å². The minimum absolute atomic E-state index is 0.168. The summed E-state index contributed by atoms with van der Waals surface area (Å²) < 4.78 is 26.6. The third-order valence-electron chi connectivity index (χ3n) is 2.58. The van der Waals surface area contributed by atoms with E-state index in [0.717, 1.165) is 17.5 Å². The number of hydrogen-bond donors (Lipinski definition) is 0. The quantitative estimate of drug-likeness (QED) is 0.772. The average Bonchev–Trinajstić information content (AvgIpc) is 2.69. The molecule has 1 aromatic heterocycles. The molecule has 0 radical (unpaired) electrons. The Labute approximate surface area is 100 Å². The summed E-state index contributed by atoms with van der Waals surface area (Å²) in [4.78, 5) is 3.93. The molecule has 1 aromatic carbocycles. The van der Waals surface area contributed by atoms with Crippen LogP contribution in [-0.2, 0) is 13.5 Å². The number of alkyl halides is 2. The van der Waals surface area contributed by atoms with Crippen molar-refractivity contribution in [1.29, 1.82) is 0 Å². The third-order valence-corrected chi connectivity index (χ3v) is 2.58. The van der Waals surface area contributed by atoms with Crippen LogP contribution in [0, 0.1) is 0 Å². The van der Waals surface area contributed by atoms with Crippen LogP contribution in [0.1, 0.15) is 38.6 Å². The Bertz CT molecular complexity index is 489. The second kappa shape index (κ2) is 5.75. The fourth-order valence-corrected chi connectivity index (χ4v) is 1.68. The molecule has 0 N–H and O–H groups in total. The maximum absolute atomic E-state index is 12.6. The highest BCUT2D eigenvalue weighted by molar-refractivity contribution is 5.76. The summed E-state index contributed by atoms with van der Waals surface area (Å²) in [6, 6.07) is 5.65. The normalized spacial score (nSPS) is 10.5. The van der Waals surface area contributed by atoms with Crippen molar-refractivity contribution in [2.45, 2.75) is 33.6 Å². The summed E-state index contributed by atoms with van der Waals surface area (Å²) in [5.74, 6) is -0.168. The predicted molar refractivity (Wildman–Crippen MR) is 66.4 cm³/mol.